The molecule has 0 bridgehead atoms. The molecule has 1 rings (SSSR count). The summed E-state index contributed by atoms with van der Waals surface area (Å²) >= 11 is 5.79. The molecule has 6 heteroatoms. The van der Waals surface area contributed by atoms with Crippen molar-refractivity contribution in [2.24, 2.45) is 0 Å². The zero-order valence-corrected chi connectivity index (χ0v) is 10.9. The predicted molar refractivity (Wildman–Crippen MR) is 64.8 cm³/mol. The normalized spacial score (nSPS) is 11.2. The van der Waals surface area contributed by atoms with Crippen molar-refractivity contribution in [2.45, 2.75) is 18.2 Å². The number of sulfone groups is 1. The predicted octanol–water partition coefficient (Wildman–Crippen LogP) is 2.07. The van der Waals surface area contributed by atoms with E-state index < -0.39 is 15.8 Å². The molecule has 0 aliphatic rings. The third kappa shape index (κ3) is 4.02. The molecule has 0 aliphatic carbocycles. The summed E-state index contributed by atoms with van der Waals surface area (Å²) in [5, 5.41) is 0.163. The van der Waals surface area contributed by atoms with Crippen LogP contribution in [0.15, 0.2) is 29.2 Å². The molecule has 0 amide bonds. The highest BCUT2D eigenvalue weighted by Crippen LogP contribution is 2.22. The van der Waals surface area contributed by atoms with Crippen molar-refractivity contribution in [3.8, 4) is 0 Å². The van der Waals surface area contributed by atoms with E-state index in [1.165, 1.54) is 12.1 Å². The van der Waals surface area contributed by atoms with Gasteiger partial charge in [0.2, 0.25) is 0 Å². The van der Waals surface area contributed by atoms with Crippen molar-refractivity contribution < 1.29 is 17.9 Å². The van der Waals surface area contributed by atoms with E-state index in [4.69, 9.17) is 11.6 Å². The lowest BCUT2D eigenvalue weighted by atomic mass is 10.4. The maximum absolute atomic E-state index is 11.9. The quantitative estimate of drug-likeness (QED) is 0.773. The molecular formula is C11H13ClO4S. The van der Waals surface area contributed by atoms with Gasteiger partial charge in [-0.3, -0.25) is 4.79 Å². The number of hydrogen-bond acceptors (Lipinski definition) is 4. The monoisotopic (exact) mass is 276 g/mol. The van der Waals surface area contributed by atoms with Gasteiger partial charge in [0, 0.05) is 0 Å². The first kappa shape index (κ1) is 14.0. The minimum atomic E-state index is -3.54. The summed E-state index contributed by atoms with van der Waals surface area (Å²) in [6.45, 7) is 1.91. The molecule has 0 aliphatic heterocycles. The van der Waals surface area contributed by atoms with Gasteiger partial charge >= 0.3 is 5.97 Å². The van der Waals surface area contributed by atoms with E-state index >= 15 is 0 Å². The lowest BCUT2D eigenvalue weighted by molar-refractivity contribution is -0.142. The van der Waals surface area contributed by atoms with Gasteiger partial charge in [-0.05, 0) is 19.1 Å². The highest BCUT2D eigenvalue weighted by Gasteiger charge is 2.19. The van der Waals surface area contributed by atoms with Crippen LogP contribution in [0, 0.1) is 0 Å². The maximum atomic E-state index is 11.9. The fourth-order valence-corrected chi connectivity index (χ4v) is 3.05. The number of hydrogen-bond donors (Lipinski definition) is 0. The summed E-state index contributed by atoms with van der Waals surface area (Å²) in [5.74, 6) is -0.821. The molecular weight excluding hydrogens is 264 g/mol. The first-order chi connectivity index (χ1) is 7.97. The van der Waals surface area contributed by atoms with Crippen LogP contribution in [0.25, 0.3) is 0 Å². The largest absolute Gasteiger partial charge is 0.466 e. The minimum Gasteiger partial charge on any atom is -0.466 e. The Labute approximate surface area is 105 Å². The lowest BCUT2D eigenvalue weighted by Gasteiger charge is -2.05. The van der Waals surface area contributed by atoms with Crippen LogP contribution in [-0.2, 0) is 19.4 Å². The fourth-order valence-electron chi connectivity index (χ4n) is 1.26. The molecule has 94 valence electrons. The summed E-state index contributed by atoms with van der Waals surface area (Å²) in [5.41, 5.74) is 0. The molecule has 0 N–H and O–H groups in total. The van der Waals surface area contributed by atoms with E-state index in [9.17, 15) is 13.2 Å². The van der Waals surface area contributed by atoms with Gasteiger partial charge in [0.05, 0.1) is 28.7 Å². The summed E-state index contributed by atoms with van der Waals surface area (Å²) < 4.78 is 28.4. The molecule has 0 saturated heterocycles. The Morgan fingerprint density at radius 1 is 1.35 bits per heavy atom. The summed E-state index contributed by atoms with van der Waals surface area (Å²) in [4.78, 5) is 11.1. The van der Waals surface area contributed by atoms with Crippen LogP contribution in [0.5, 0.6) is 0 Å². The summed E-state index contributed by atoms with van der Waals surface area (Å²) in [7, 11) is -3.54. The van der Waals surface area contributed by atoms with Crippen LogP contribution < -0.4 is 0 Å². The van der Waals surface area contributed by atoms with Gasteiger partial charge in [-0.25, -0.2) is 8.42 Å². The Hall–Kier alpha value is -1.07. The highest BCUT2D eigenvalue weighted by atomic mass is 35.5. The van der Waals surface area contributed by atoms with Crippen LogP contribution in [-0.4, -0.2) is 26.7 Å². The highest BCUT2D eigenvalue weighted by molar-refractivity contribution is 7.91. The van der Waals surface area contributed by atoms with Crippen LogP contribution >= 0.6 is 11.6 Å². The number of ether oxygens (including phenoxy) is 1. The minimum absolute atomic E-state index is 0.0472. The molecule has 17 heavy (non-hydrogen) atoms. The SMILES string of the molecule is CCOC(=O)CCS(=O)(=O)c1ccccc1Cl. The van der Waals surface area contributed by atoms with Crippen molar-refractivity contribution >= 4 is 27.4 Å². The number of halogens is 1. The molecule has 0 aromatic heterocycles. The maximum Gasteiger partial charge on any atom is 0.306 e. The Bertz CT molecular complexity index is 496. The van der Waals surface area contributed by atoms with Crippen molar-refractivity contribution in [1.29, 1.82) is 0 Å². The average molecular weight is 277 g/mol. The van der Waals surface area contributed by atoms with Crippen LogP contribution in [0.2, 0.25) is 5.02 Å². The Morgan fingerprint density at radius 2 is 2.00 bits per heavy atom. The second kappa shape index (κ2) is 6.02. The van der Waals surface area contributed by atoms with Crippen molar-refractivity contribution in [1.82, 2.24) is 0 Å². The zero-order chi connectivity index (χ0) is 12.9. The summed E-state index contributed by atoms with van der Waals surface area (Å²) in [6, 6.07) is 6.15. The Morgan fingerprint density at radius 3 is 2.59 bits per heavy atom. The van der Waals surface area contributed by atoms with Gasteiger partial charge in [-0.1, -0.05) is 23.7 Å². The second-order valence-corrected chi connectivity index (χ2v) is 5.79. The van der Waals surface area contributed by atoms with E-state index in [-0.39, 0.29) is 28.7 Å². The van der Waals surface area contributed by atoms with Crippen LogP contribution in [0.3, 0.4) is 0 Å². The van der Waals surface area contributed by atoms with Gasteiger partial charge in [-0.2, -0.15) is 0 Å². The van der Waals surface area contributed by atoms with Gasteiger partial charge in [-0.15, -0.1) is 0 Å². The molecule has 0 saturated carbocycles. The zero-order valence-electron chi connectivity index (χ0n) is 9.35. The Balaban J connectivity index is 2.77. The molecule has 0 spiro atoms. The van der Waals surface area contributed by atoms with Crippen molar-refractivity contribution in [3.05, 3.63) is 29.3 Å². The molecule has 1 aromatic carbocycles. The van der Waals surface area contributed by atoms with E-state index in [0.717, 1.165) is 0 Å². The average Bonchev–Trinajstić information content (AvgIpc) is 2.27. The smallest absolute Gasteiger partial charge is 0.306 e. The fraction of sp³-hybridized carbons (Fsp3) is 0.364. The third-order valence-corrected chi connectivity index (χ3v) is 4.26. The van der Waals surface area contributed by atoms with Crippen LogP contribution in [0.1, 0.15) is 13.3 Å². The standard InChI is InChI=1S/C11H13ClO4S/c1-2-16-11(13)7-8-17(14,15)10-6-4-3-5-9(10)12/h3-6H,2,7-8H2,1H3. The molecule has 0 unspecified atom stereocenters. The van der Waals surface area contributed by atoms with Crippen molar-refractivity contribution in [3.63, 3.8) is 0 Å². The number of esters is 1. The van der Waals surface area contributed by atoms with E-state index in [2.05, 4.69) is 4.74 Å². The second-order valence-electron chi connectivity index (χ2n) is 3.30. The number of carbonyl (C=O) groups excluding carboxylic acids is 1. The van der Waals surface area contributed by atoms with Crippen molar-refractivity contribution in [2.75, 3.05) is 12.4 Å². The third-order valence-electron chi connectivity index (χ3n) is 2.05. The van der Waals surface area contributed by atoms with Gasteiger partial charge in [0.1, 0.15) is 0 Å². The molecule has 0 heterocycles. The van der Waals surface area contributed by atoms with Gasteiger partial charge in [0.15, 0.2) is 9.84 Å². The number of rotatable bonds is 5. The molecule has 0 fully saturated rings. The lowest BCUT2D eigenvalue weighted by Crippen LogP contribution is -2.13. The molecule has 4 nitrogen and oxygen atoms in total. The summed E-state index contributed by atoms with van der Waals surface area (Å²) in [6.07, 6.45) is -0.165. The topological polar surface area (TPSA) is 60.4 Å². The number of carbonyl (C=O) groups is 1. The first-order valence-electron chi connectivity index (χ1n) is 5.10. The van der Waals surface area contributed by atoms with E-state index in [0.29, 0.717) is 0 Å². The number of benzene rings is 1. The first-order valence-corrected chi connectivity index (χ1v) is 7.13. The molecule has 0 atom stereocenters. The Kier molecular flexibility index (Phi) is 4.96. The molecule has 1 aromatic rings. The van der Waals surface area contributed by atoms with Gasteiger partial charge in [0.25, 0.3) is 0 Å². The molecule has 0 radical (unpaired) electrons. The van der Waals surface area contributed by atoms with Crippen LogP contribution in [0.4, 0.5) is 0 Å². The van der Waals surface area contributed by atoms with Gasteiger partial charge < -0.3 is 4.74 Å². The van der Waals surface area contributed by atoms with E-state index in [1.807, 2.05) is 0 Å². The van der Waals surface area contributed by atoms with E-state index in [1.54, 1.807) is 19.1 Å².